The topological polar surface area (TPSA) is 25.4 Å². The van der Waals surface area contributed by atoms with E-state index >= 15 is 0 Å². The van der Waals surface area contributed by atoms with Crippen LogP contribution in [0.4, 0.5) is 4.39 Å². The third kappa shape index (κ3) is 4.77. The second-order valence-corrected chi connectivity index (χ2v) is 6.45. The van der Waals surface area contributed by atoms with Crippen LogP contribution in [0.15, 0.2) is 54.7 Å². The summed E-state index contributed by atoms with van der Waals surface area (Å²) in [7, 11) is 4.15. The first-order chi connectivity index (χ1) is 12.1. The summed E-state index contributed by atoms with van der Waals surface area (Å²) in [5.74, 6) is 0.600. The van der Waals surface area contributed by atoms with Crippen LogP contribution in [-0.4, -0.2) is 37.1 Å². The molecule has 0 radical (unpaired) electrons. The Morgan fingerprint density at radius 2 is 1.88 bits per heavy atom. The maximum absolute atomic E-state index is 13.4. The number of benzene rings is 2. The molecule has 0 amide bonds. The fourth-order valence-corrected chi connectivity index (χ4v) is 2.75. The molecule has 0 atom stereocenters. The second-order valence-electron chi connectivity index (χ2n) is 6.45. The van der Waals surface area contributed by atoms with Crippen LogP contribution >= 0.6 is 0 Å². The van der Waals surface area contributed by atoms with E-state index in [1.807, 2.05) is 30.3 Å². The first-order valence-electron chi connectivity index (χ1n) is 8.55. The number of rotatable bonds is 7. The molecule has 0 aliphatic rings. The second kappa shape index (κ2) is 8.08. The van der Waals surface area contributed by atoms with Gasteiger partial charge in [-0.2, -0.15) is 0 Å². The van der Waals surface area contributed by atoms with Gasteiger partial charge in [0.05, 0.1) is 12.1 Å². The fraction of sp³-hybridized carbons (Fsp3) is 0.286. The first-order valence-corrected chi connectivity index (χ1v) is 8.55. The maximum Gasteiger partial charge on any atom is 0.123 e. The molecule has 3 nitrogen and oxygen atoms in total. The molecule has 25 heavy (non-hydrogen) atoms. The van der Waals surface area contributed by atoms with Crippen molar-refractivity contribution in [1.82, 2.24) is 9.88 Å². The van der Waals surface area contributed by atoms with Crippen molar-refractivity contribution in [1.29, 1.82) is 0 Å². The predicted molar refractivity (Wildman–Crippen MR) is 100 cm³/mol. The van der Waals surface area contributed by atoms with Crippen molar-refractivity contribution in [3.8, 4) is 16.9 Å². The van der Waals surface area contributed by atoms with Gasteiger partial charge >= 0.3 is 0 Å². The normalized spacial score (nSPS) is 11.2. The van der Waals surface area contributed by atoms with E-state index in [0.29, 0.717) is 6.61 Å². The van der Waals surface area contributed by atoms with Crippen molar-refractivity contribution in [3.63, 3.8) is 0 Å². The molecule has 130 valence electrons. The molecule has 2 aromatic carbocycles. The molecule has 1 heterocycles. The van der Waals surface area contributed by atoms with E-state index in [-0.39, 0.29) is 5.82 Å². The number of ether oxygens (including phenoxy) is 1. The molecule has 0 saturated carbocycles. The number of nitrogens with zero attached hydrogens (tertiary/aromatic N) is 2. The molecule has 0 saturated heterocycles. The number of fused-ring (bicyclic) bond motifs is 1. The summed E-state index contributed by atoms with van der Waals surface area (Å²) in [6, 6.07) is 14.5. The van der Waals surface area contributed by atoms with Gasteiger partial charge < -0.3 is 9.64 Å². The van der Waals surface area contributed by atoms with Crippen molar-refractivity contribution in [3.05, 3.63) is 60.5 Å². The van der Waals surface area contributed by atoms with Crippen LogP contribution in [0.2, 0.25) is 0 Å². The lowest BCUT2D eigenvalue weighted by atomic mass is 10.1. The van der Waals surface area contributed by atoms with Gasteiger partial charge in [-0.1, -0.05) is 12.1 Å². The summed E-state index contributed by atoms with van der Waals surface area (Å²) in [5, 5.41) is 0.993. The van der Waals surface area contributed by atoms with E-state index < -0.39 is 0 Å². The smallest absolute Gasteiger partial charge is 0.123 e. The standard InChI is InChI=1S/C21H23FN2O/c1-24(2)10-3-4-11-25-20-8-9-21-17(14-20)12-18(15-23-21)16-6-5-7-19(22)13-16/h5-9,12-15H,3-4,10-11H2,1-2H3. The van der Waals surface area contributed by atoms with E-state index in [1.165, 1.54) is 12.1 Å². The third-order valence-electron chi connectivity index (χ3n) is 4.08. The largest absolute Gasteiger partial charge is 0.494 e. The van der Waals surface area contributed by atoms with Crippen molar-refractivity contribution in [2.75, 3.05) is 27.2 Å². The first kappa shape index (κ1) is 17.4. The number of aromatic nitrogens is 1. The van der Waals surface area contributed by atoms with E-state index in [4.69, 9.17) is 4.74 Å². The van der Waals surface area contributed by atoms with E-state index in [0.717, 1.165) is 47.2 Å². The zero-order valence-corrected chi connectivity index (χ0v) is 14.7. The average Bonchev–Trinajstić information content (AvgIpc) is 2.60. The number of hydrogen-bond donors (Lipinski definition) is 0. The lowest BCUT2D eigenvalue weighted by Crippen LogP contribution is -2.13. The number of pyridine rings is 1. The molecule has 0 N–H and O–H groups in total. The predicted octanol–water partition coefficient (Wildman–Crippen LogP) is 4.76. The monoisotopic (exact) mass is 338 g/mol. The zero-order valence-electron chi connectivity index (χ0n) is 14.7. The third-order valence-corrected chi connectivity index (χ3v) is 4.08. The van der Waals surface area contributed by atoms with Crippen LogP contribution in [0.25, 0.3) is 22.0 Å². The van der Waals surface area contributed by atoms with Crippen LogP contribution in [0, 0.1) is 5.82 Å². The van der Waals surface area contributed by atoms with Crippen LogP contribution in [0.3, 0.4) is 0 Å². The molecule has 0 aliphatic heterocycles. The lowest BCUT2D eigenvalue weighted by Gasteiger charge is -2.10. The highest BCUT2D eigenvalue weighted by atomic mass is 19.1. The Kier molecular flexibility index (Phi) is 5.61. The zero-order chi connectivity index (χ0) is 17.6. The van der Waals surface area contributed by atoms with Gasteiger partial charge in [-0.25, -0.2) is 4.39 Å². The SMILES string of the molecule is CN(C)CCCCOc1ccc2ncc(-c3cccc(F)c3)cc2c1. The van der Waals surface area contributed by atoms with Gasteiger partial charge in [-0.15, -0.1) is 0 Å². The van der Waals surface area contributed by atoms with Gasteiger partial charge in [-0.3, -0.25) is 4.98 Å². The Bertz CT molecular complexity index is 848. The summed E-state index contributed by atoms with van der Waals surface area (Å²) in [4.78, 5) is 6.65. The summed E-state index contributed by atoms with van der Waals surface area (Å²) >= 11 is 0. The highest BCUT2D eigenvalue weighted by molar-refractivity contribution is 5.84. The quantitative estimate of drug-likeness (QED) is 0.581. The molecular formula is C21H23FN2O. The number of halogens is 1. The minimum absolute atomic E-state index is 0.243. The minimum atomic E-state index is -0.243. The van der Waals surface area contributed by atoms with Crippen molar-refractivity contribution in [2.45, 2.75) is 12.8 Å². The molecule has 4 heteroatoms. The average molecular weight is 338 g/mol. The van der Waals surface area contributed by atoms with E-state index in [1.54, 1.807) is 12.3 Å². The fourth-order valence-electron chi connectivity index (χ4n) is 2.75. The maximum atomic E-state index is 13.4. The Hall–Kier alpha value is -2.46. The van der Waals surface area contributed by atoms with E-state index in [9.17, 15) is 4.39 Å². The van der Waals surface area contributed by atoms with Gasteiger partial charge in [0.15, 0.2) is 0 Å². The highest BCUT2D eigenvalue weighted by Gasteiger charge is 2.04. The molecule has 0 unspecified atom stereocenters. The minimum Gasteiger partial charge on any atom is -0.494 e. The van der Waals surface area contributed by atoms with Crippen molar-refractivity contribution >= 4 is 10.9 Å². The molecule has 3 rings (SSSR count). The number of unbranched alkanes of at least 4 members (excludes halogenated alkanes) is 1. The summed E-state index contributed by atoms with van der Waals surface area (Å²) in [6.45, 7) is 1.78. The van der Waals surface area contributed by atoms with Gasteiger partial charge in [-0.05, 0) is 75.4 Å². The molecule has 3 aromatic rings. The van der Waals surface area contributed by atoms with Gasteiger partial charge in [0, 0.05) is 17.1 Å². The van der Waals surface area contributed by atoms with E-state index in [2.05, 4.69) is 24.0 Å². The van der Waals surface area contributed by atoms with Crippen LogP contribution in [0.1, 0.15) is 12.8 Å². The van der Waals surface area contributed by atoms with Crippen LogP contribution in [-0.2, 0) is 0 Å². The summed E-state index contributed by atoms with van der Waals surface area (Å²) < 4.78 is 19.3. The Labute approximate surface area is 148 Å². The van der Waals surface area contributed by atoms with Crippen molar-refractivity contribution < 1.29 is 9.13 Å². The molecular weight excluding hydrogens is 315 g/mol. The molecule has 0 fully saturated rings. The molecule has 0 bridgehead atoms. The molecule has 0 aliphatic carbocycles. The Morgan fingerprint density at radius 3 is 2.68 bits per heavy atom. The van der Waals surface area contributed by atoms with Crippen LogP contribution < -0.4 is 4.74 Å². The Balaban J connectivity index is 1.72. The van der Waals surface area contributed by atoms with Gasteiger partial charge in [0.25, 0.3) is 0 Å². The van der Waals surface area contributed by atoms with Crippen LogP contribution in [0.5, 0.6) is 5.75 Å². The molecule has 0 spiro atoms. The Morgan fingerprint density at radius 1 is 1.00 bits per heavy atom. The number of hydrogen-bond acceptors (Lipinski definition) is 3. The molecule has 1 aromatic heterocycles. The van der Waals surface area contributed by atoms with Gasteiger partial charge in [0.2, 0.25) is 0 Å². The van der Waals surface area contributed by atoms with Gasteiger partial charge in [0.1, 0.15) is 11.6 Å². The lowest BCUT2D eigenvalue weighted by molar-refractivity contribution is 0.293. The summed E-state index contributed by atoms with van der Waals surface area (Å²) in [6.07, 6.45) is 3.92. The summed E-state index contributed by atoms with van der Waals surface area (Å²) in [5.41, 5.74) is 2.62. The van der Waals surface area contributed by atoms with Crippen molar-refractivity contribution in [2.24, 2.45) is 0 Å². The highest BCUT2D eigenvalue weighted by Crippen LogP contribution is 2.26.